The second kappa shape index (κ2) is 10.7. The van der Waals surface area contributed by atoms with Crippen molar-refractivity contribution >= 4 is 26.7 Å². The number of hydrogen-bond acceptors (Lipinski definition) is 6. The van der Waals surface area contributed by atoms with E-state index in [9.17, 15) is 18.8 Å². The second-order valence-electron chi connectivity index (χ2n) is 6.01. The molecule has 144 valence electrons. The lowest BCUT2D eigenvalue weighted by atomic mass is 10.1. The number of unbranched alkanes of at least 4 members (excludes halogenated alkanes) is 3. The number of carbonyl (C=O) groups is 3. The fourth-order valence-electron chi connectivity index (χ4n) is 2.59. The maximum Gasteiger partial charge on any atom is 0.705 e. The van der Waals surface area contributed by atoms with Crippen LogP contribution >= 0.6 is 0 Å². The standard InChI is InChI=1S/C18H25FO6Si/c1-14(20)23-26(24-15(2)21,25-16(3)22)12-7-5-4-6-9-17-10-8-11-18(19)13-17/h8,10-11,13H,4-7,9,12H2,1-3H3. The minimum absolute atomic E-state index is 0.186. The molecule has 0 bridgehead atoms. The molecule has 1 rings (SSSR count). The number of halogens is 1. The average Bonchev–Trinajstić information content (AvgIpc) is 2.48. The Morgan fingerprint density at radius 3 is 1.92 bits per heavy atom. The third-order valence-corrected chi connectivity index (χ3v) is 6.25. The molecule has 6 nitrogen and oxygen atoms in total. The zero-order valence-corrected chi connectivity index (χ0v) is 16.4. The van der Waals surface area contributed by atoms with Crippen molar-refractivity contribution in [2.45, 2.75) is 58.9 Å². The molecular weight excluding hydrogens is 359 g/mol. The molecule has 0 fully saturated rings. The highest BCUT2D eigenvalue weighted by Gasteiger charge is 2.51. The van der Waals surface area contributed by atoms with Gasteiger partial charge in [0.1, 0.15) is 5.82 Å². The number of carbonyl (C=O) groups excluding carboxylic acids is 3. The van der Waals surface area contributed by atoms with Crippen LogP contribution in [-0.2, 0) is 34.1 Å². The molecule has 0 spiro atoms. The molecule has 0 aromatic heterocycles. The molecular formula is C18H25FO6Si. The largest absolute Gasteiger partial charge is 0.705 e. The first kappa shape index (κ1) is 21.8. The highest BCUT2D eigenvalue weighted by Crippen LogP contribution is 2.21. The van der Waals surface area contributed by atoms with Crippen LogP contribution in [0.2, 0.25) is 6.04 Å². The lowest BCUT2D eigenvalue weighted by molar-refractivity contribution is -0.147. The van der Waals surface area contributed by atoms with Gasteiger partial charge in [0.15, 0.2) is 0 Å². The maximum atomic E-state index is 13.1. The molecule has 1 aromatic carbocycles. The molecule has 1 aromatic rings. The van der Waals surface area contributed by atoms with Gasteiger partial charge in [0, 0.05) is 20.8 Å². The normalized spacial score (nSPS) is 10.9. The van der Waals surface area contributed by atoms with Crippen molar-refractivity contribution in [1.82, 2.24) is 0 Å². The first-order valence-corrected chi connectivity index (χ1v) is 10.5. The molecule has 0 aliphatic rings. The fourth-order valence-corrected chi connectivity index (χ4v) is 5.02. The van der Waals surface area contributed by atoms with E-state index < -0.39 is 26.7 Å². The quantitative estimate of drug-likeness (QED) is 0.453. The van der Waals surface area contributed by atoms with Crippen LogP contribution in [0.5, 0.6) is 0 Å². The Labute approximate surface area is 154 Å². The maximum absolute atomic E-state index is 13.1. The fraction of sp³-hybridized carbons (Fsp3) is 0.500. The van der Waals surface area contributed by atoms with E-state index in [1.807, 2.05) is 6.07 Å². The van der Waals surface area contributed by atoms with Crippen LogP contribution in [0.15, 0.2) is 24.3 Å². The van der Waals surface area contributed by atoms with E-state index >= 15 is 0 Å². The predicted octanol–water partition coefficient (Wildman–Crippen LogP) is 3.56. The van der Waals surface area contributed by atoms with Crippen molar-refractivity contribution in [2.75, 3.05) is 0 Å². The number of rotatable bonds is 10. The third-order valence-electron chi connectivity index (χ3n) is 3.49. The Bertz CT molecular complexity index is 593. The molecule has 0 atom stereocenters. The van der Waals surface area contributed by atoms with Gasteiger partial charge in [-0.2, -0.15) is 0 Å². The zero-order valence-electron chi connectivity index (χ0n) is 15.4. The molecule has 0 amide bonds. The number of benzene rings is 1. The van der Waals surface area contributed by atoms with E-state index in [4.69, 9.17) is 13.3 Å². The Morgan fingerprint density at radius 2 is 1.42 bits per heavy atom. The van der Waals surface area contributed by atoms with Gasteiger partial charge in [-0.15, -0.1) is 0 Å². The van der Waals surface area contributed by atoms with Crippen molar-refractivity contribution in [2.24, 2.45) is 0 Å². The molecule has 0 saturated carbocycles. The van der Waals surface area contributed by atoms with Crippen LogP contribution in [0.3, 0.4) is 0 Å². The summed E-state index contributed by atoms with van der Waals surface area (Å²) in [6.07, 6.45) is 3.84. The Balaban J connectivity index is 2.50. The minimum Gasteiger partial charge on any atom is -0.455 e. The molecule has 8 heteroatoms. The lowest BCUT2D eigenvalue weighted by Gasteiger charge is -2.26. The number of aryl methyl sites for hydroxylation is 1. The molecule has 0 aliphatic heterocycles. The van der Waals surface area contributed by atoms with E-state index in [0.717, 1.165) is 31.2 Å². The molecule has 0 saturated heterocycles. The van der Waals surface area contributed by atoms with Crippen molar-refractivity contribution < 1.29 is 32.1 Å². The summed E-state index contributed by atoms with van der Waals surface area (Å²) in [6.45, 7) is 3.52. The van der Waals surface area contributed by atoms with Crippen LogP contribution in [0, 0.1) is 5.82 Å². The predicted molar refractivity (Wildman–Crippen MR) is 94.4 cm³/mol. The van der Waals surface area contributed by atoms with Gasteiger partial charge in [0.2, 0.25) is 0 Å². The Morgan fingerprint density at radius 1 is 0.885 bits per heavy atom. The van der Waals surface area contributed by atoms with Crippen molar-refractivity contribution in [1.29, 1.82) is 0 Å². The van der Waals surface area contributed by atoms with Gasteiger partial charge in [0.25, 0.3) is 17.9 Å². The highest BCUT2D eigenvalue weighted by molar-refractivity contribution is 6.65. The van der Waals surface area contributed by atoms with E-state index in [2.05, 4.69) is 0 Å². The Kier molecular flexibility index (Phi) is 8.98. The van der Waals surface area contributed by atoms with Gasteiger partial charge in [-0.25, -0.2) is 4.39 Å². The van der Waals surface area contributed by atoms with E-state index in [0.29, 0.717) is 6.42 Å². The summed E-state index contributed by atoms with van der Waals surface area (Å²) < 4.78 is 28.5. The van der Waals surface area contributed by atoms with Gasteiger partial charge < -0.3 is 13.3 Å². The topological polar surface area (TPSA) is 78.9 Å². The summed E-state index contributed by atoms with van der Waals surface area (Å²) in [4.78, 5) is 34.0. The van der Waals surface area contributed by atoms with E-state index in [1.165, 1.54) is 32.9 Å². The van der Waals surface area contributed by atoms with Crippen LogP contribution in [0.4, 0.5) is 4.39 Å². The molecule has 0 unspecified atom stereocenters. The SMILES string of the molecule is CC(=O)O[Si](CCCCCCc1cccc(F)c1)(OC(C)=O)OC(C)=O. The highest BCUT2D eigenvalue weighted by atomic mass is 28.4. The third kappa shape index (κ3) is 8.75. The number of hydrogen-bond donors (Lipinski definition) is 0. The molecule has 0 N–H and O–H groups in total. The van der Waals surface area contributed by atoms with Crippen molar-refractivity contribution in [3.63, 3.8) is 0 Å². The summed E-state index contributed by atoms with van der Waals surface area (Å²) in [5.41, 5.74) is 0.938. The summed E-state index contributed by atoms with van der Waals surface area (Å²) in [7, 11) is -3.71. The van der Waals surface area contributed by atoms with Gasteiger partial charge >= 0.3 is 8.80 Å². The van der Waals surface area contributed by atoms with Crippen LogP contribution in [0.1, 0.15) is 52.0 Å². The van der Waals surface area contributed by atoms with Gasteiger partial charge in [0.05, 0.1) is 6.04 Å². The summed E-state index contributed by atoms with van der Waals surface area (Å²) in [5.74, 6) is -2.23. The van der Waals surface area contributed by atoms with Crippen molar-refractivity contribution in [3.8, 4) is 0 Å². The lowest BCUT2D eigenvalue weighted by Crippen LogP contribution is -2.49. The van der Waals surface area contributed by atoms with Gasteiger partial charge in [-0.3, -0.25) is 14.4 Å². The minimum atomic E-state index is -3.71. The van der Waals surface area contributed by atoms with E-state index in [1.54, 1.807) is 6.07 Å². The van der Waals surface area contributed by atoms with Crippen LogP contribution in [0.25, 0.3) is 0 Å². The summed E-state index contributed by atoms with van der Waals surface area (Å²) >= 11 is 0. The van der Waals surface area contributed by atoms with Crippen molar-refractivity contribution in [3.05, 3.63) is 35.6 Å². The average molecular weight is 384 g/mol. The summed E-state index contributed by atoms with van der Waals surface area (Å²) in [5, 5.41) is 0. The van der Waals surface area contributed by atoms with Crippen LogP contribution < -0.4 is 0 Å². The molecule has 0 heterocycles. The smallest absolute Gasteiger partial charge is 0.455 e. The summed E-state index contributed by atoms with van der Waals surface area (Å²) in [6, 6.07) is 6.67. The first-order valence-electron chi connectivity index (χ1n) is 8.55. The molecule has 26 heavy (non-hydrogen) atoms. The Hall–Kier alpha value is -2.22. The van der Waals surface area contributed by atoms with E-state index in [-0.39, 0.29) is 11.9 Å². The first-order chi connectivity index (χ1) is 12.2. The molecule has 0 aliphatic carbocycles. The van der Waals surface area contributed by atoms with Crippen LogP contribution in [-0.4, -0.2) is 26.7 Å². The van der Waals surface area contributed by atoms with Gasteiger partial charge in [-0.1, -0.05) is 25.0 Å². The van der Waals surface area contributed by atoms with Gasteiger partial charge in [-0.05, 0) is 37.0 Å². The second-order valence-corrected chi connectivity index (χ2v) is 8.49. The monoisotopic (exact) mass is 384 g/mol. The molecule has 0 radical (unpaired) electrons. The zero-order chi connectivity index (χ0) is 19.6.